The number of benzene rings is 2. The third-order valence-corrected chi connectivity index (χ3v) is 7.96. The Morgan fingerprint density at radius 2 is 1.53 bits per heavy atom. The van der Waals surface area contributed by atoms with E-state index in [9.17, 15) is 49.4 Å². The van der Waals surface area contributed by atoms with Gasteiger partial charge in [-0.15, -0.1) is 30.7 Å². The molecule has 2 aromatic carbocycles. The minimum Gasteiger partial charge on any atom is -0.481 e. The highest BCUT2D eigenvalue weighted by atomic mass is 35.5. The molecule has 0 spiro atoms. The van der Waals surface area contributed by atoms with Crippen molar-refractivity contribution in [2.75, 3.05) is 22.9 Å². The quantitative estimate of drug-likeness (QED) is 0.188. The van der Waals surface area contributed by atoms with Crippen LogP contribution in [-0.2, 0) is 37.3 Å². The van der Waals surface area contributed by atoms with Gasteiger partial charge < -0.3 is 19.6 Å². The number of tetrazole rings is 1. The molecule has 49 heavy (non-hydrogen) atoms. The lowest BCUT2D eigenvalue weighted by Crippen LogP contribution is -2.34. The van der Waals surface area contributed by atoms with Crippen molar-refractivity contribution in [1.82, 2.24) is 20.2 Å². The van der Waals surface area contributed by atoms with Crippen molar-refractivity contribution in [3.63, 3.8) is 0 Å². The van der Waals surface area contributed by atoms with Gasteiger partial charge >= 0.3 is 24.7 Å². The third-order valence-electron chi connectivity index (χ3n) is 7.96. The average molecular weight is 733 g/mol. The molecule has 1 aromatic heterocycles. The average Bonchev–Trinajstić information content (AvgIpc) is 3.41. The molecule has 9 nitrogen and oxygen atoms in total. The number of hydrogen-bond acceptors (Lipinski definition) is 7. The van der Waals surface area contributed by atoms with E-state index in [0.717, 1.165) is 16.9 Å². The minimum absolute atomic E-state index is 0. The fraction of sp³-hybridized carbons (Fsp3) is 0.533. The number of carboxylic acids is 1. The fourth-order valence-corrected chi connectivity index (χ4v) is 5.81. The second-order valence-electron chi connectivity index (χ2n) is 11.7. The topological polar surface area (TPSA) is 96.6 Å². The monoisotopic (exact) mass is 732 g/mol. The summed E-state index contributed by atoms with van der Waals surface area (Å²) in [6, 6.07) is 4.73. The van der Waals surface area contributed by atoms with Gasteiger partial charge in [0.05, 0.1) is 24.1 Å². The summed E-state index contributed by atoms with van der Waals surface area (Å²) in [6.45, 7) is 1.79. The molecule has 3 aromatic rings. The van der Waals surface area contributed by atoms with Gasteiger partial charge in [0.25, 0.3) is 5.95 Å². The van der Waals surface area contributed by atoms with Gasteiger partial charge in [-0.2, -0.15) is 31.1 Å². The lowest BCUT2D eigenvalue weighted by Gasteiger charge is -2.34. The van der Waals surface area contributed by atoms with E-state index in [1.54, 1.807) is 0 Å². The zero-order valence-electron chi connectivity index (χ0n) is 26.2. The van der Waals surface area contributed by atoms with Crippen LogP contribution >= 0.6 is 12.4 Å². The molecule has 0 atom stereocenters. The van der Waals surface area contributed by atoms with Crippen LogP contribution in [0.1, 0.15) is 61.3 Å². The lowest BCUT2D eigenvalue weighted by molar-refractivity contribution is -0.274. The van der Waals surface area contributed by atoms with Crippen molar-refractivity contribution in [3.05, 3.63) is 58.7 Å². The maximum Gasteiger partial charge on any atom is 0.573 e. The Balaban J connectivity index is 0.00000650. The molecule has 0 amide bonds. The Bertz CT molecular complexity index is 1520. The number of carbonyl (C=O) groups is 1. The van der Waals surface area contributed by atoms with Gasteiger partial charge in [-0.3, -0.25) is 4.79 Å². The normalized spacial score (nSPS) is 17.0. The van der Waals surface area contributed by atoms with Crippen LogP contribution in [0.4, 0.5) is 51.1 Å². The molecule has 0 bridgehead atoms. The van der Waals surface area contributed by atoms with Crippen molar-refractivity contribution in [1.29, 1.82) is 0 Å². The zero-order chi connectivity index (χ0) is 35.4. The van der Waals surface area contributed by atoms with E-state index in [1.165, 1.54) is 18.0 Å². The van der Waals surface area contributed by atoms with Crippen molar-refractivity contribution < 1.29 is 54.2 Å². The number of aromatic nitrogens is 4. The Hall–Kier alpha value is -3.96. The molecule has 1 saturated carbocycles. The van der Waals surface area contributed by atoms with Gasteiger partial charge in [0.1, 0.15) is 5.75 Å². The molecule has 0 unspecified atom stereocenters. The molecule has 1 fully saturated rings. The van der Waals surface area contributed by atoms with Crippen LogP contribution in [0.5, 0.6) is 5.75 Å². The van der Waals surface area contributed by atoms with E-state index in [2.05, 4.69) is 20.1 Å². The summed E-state index contributed by atoms with van der Waals surface area (Å²) in [5, 5.41) is 21.0. The molecule has 0 saturated heterocycles. The molecule has 272 valence electrons. The first-order chi connectivity index (χ1) is 22.3. The maximum atomic E-state index is 13.6. The second-order valence-corrected chi connectivity index (χ2v) is 11.7. The van der Waals surface area contributed by atoms with E-state index in [0.29, 0.717) is 63.0 Å². The first-order valence-electron chi connectivity index (χ1n) is 15.0. The van der Waals surface area contributed by atoms with E-state index < -0.39 is 59.6 Å². The number of nitrogens with zero attached hydrogens (tertiary/aromatic N) is 6. The fourth-order valence-electron chi connectivity index (χ4n) is 5.81. The number of hydrogen-bond donors (Lipinski definition) is 1. The van der Waals surface area contributed by atoms with Crippen molar-refractivity contribution in [2.45, 2.75) is 70.8 Å². The van der Waals surface area contributed by atoms with Gasteiger partial charge in [0, 0.05) is 31.9 Å². The van der Waals surface area contributed by atoms with Gasteiger partial charge in [-0.25, -0.2) is 0 Å². The summed E-state index contributed by atoms with van der Waals surface area (Å²) in [5.74, 6) is -2.07. The molecular weight excluding hydrogens is 699 g/mol. The van der Waals surface area contributed by atoms with Crippen LogP contribution in [0, 0.1) is 11.8 Å². The molecule has 1 N–H and O–H groups in total. The van der Waals surface area contributed by atoms with E-state index in [-0.39, 0.29) is 42.4 Å². The number of ether oxygens (including phenoxy) is 1. The maximum absolute atomic E-state index is 13.6. The molecule has 0 radical (unpaired) electrons. The Morgan fingerprint density at radius 1 is 0.918 bits per heavy atom. The van der Waals surface area contributed by atoms with Crippen LogP contribution in [0.3, 0.4) is 0 Å². The second kappa shape index (κ2) is 15.7. The lowest BCUT2D eigenvalue weighted by atomic mass is 9.81. The Kier molecular flexibility index (Phi) is 12.7. The van der Waals surface area contributed by atoms with Gasteiger partial charge in [0.2, 0.25) is 0 Å². The summed E-state index contributed by atoms with van der Waals surface area (Å²) in [4.78, 5) is 15.6. The molecule has 1 aliphatic rings. The van der Waals surface area contributed by atoms with Crippen molar-refractivity contribution in [3.8, 4) is 5.75 Å². The summed E-state index contributed by atoms with van der Waals surface area (Å²) in [6.07, 6.45) is -12.5. The minimum atomic E-state index is -5.10. The van der Waals surface area contributed by atoms with E-state index in [4.69, 9.17) is 0 Å². The number of rotatable bonds is 12. The predicted octanol–water partition coefficient (Wildman–Crippen LogP) is 7.88. The van der Waals surface area contributed by atoms with Crippen molar-refractivity contribution >= 4 is 30.0 Å². The van der Waals surface area contributed by atoms with Gasteiger partial charge in [-0.05, 0) is 90.8 Å². The molecule has 1 aliphatic carbocycles. The highest BCUT2D eigenvalue weighted by molar-refractivity contribution is 5.85. The SMILES string of the molecule is CCCN(C[C@H]1CC[C@H](C(=O)O)CC1)c1ccc(OC(F)(F)F)cc1CN(Cc1cc(C(F)(F)F)cc(C(F)(F)F)c1)c1nnn(C)n1.Cl. The van der Waals surface area contributed by atoms with Crippen LogP contribution in [0.15, 0.2) is 36.4 Å². The predicted molar refractivity (Wildman–Crippen MR) is 161 cm³/mol. The van der Waals surface area contributed by atoms with Crippen LogP contribution in [0.25, 0.3) is 0 Å². The van der Waals surface area contributed by atoms with Crippen LogP contribution in [-0.4, -0.2) is 50.7 Å². The van der Waals surface area contributed by atoms with Crippen molar-refractivity contribution in [2.24, 2.45) is 18.9 Å². The summed E-state index contributed by atoms with van der Waals surface area (Å²) >= 11 is 0. The van der Waals surface area contributed by atoms with E-state index >= 15 is 0 Å². The number of halogens is 10. The highest BCUT2D eigenvalue weighted by Gasteiger charge is 2.37. The third kappa shape index (κ3) is 11.0. The zero-order valence-corrected chi connectivity index (χ0v) is 27.1. The molecule has 0 aliphatic heterocycles. The molecule has 19 heteroatoms. The first kappa shape index (κ1) is 39.5. The van der Waals surface area contributed by atoms with Crippen LogP contribution < -0.4 is 14.5 Å². The number of aliphatic carboxylic acids is 1. The number of anilines is 2. The summed E-state index contributed by atoms with van der Waals surface area (Å²) in [5.41, 5.74) is -2.84. The number of carboxylic acid groups (broad SMARTS) is 1. The molecular formula is C30H34ClF9N6O3. The van der Waals surface area contributed by atoms with Gasteiger partial charge in [-0.1, -0.05) is 12.0 Å². The Labute approximate surface area is 281 Å². The standard InChI is InChI=1S/C30H33F9N6O3.ClH/c1-3-10-44(15-18-4-6-20(7-5-18)26(46)47)25-9-8-24(48-30(37,38)39)13-21(25)17-45(27-40-42-43(2)41-27)16-19-11-22(28(31,32)33)14-23(12-19)29(34,35)36;/h8-9,11-14,18,20H,3-7,10,15-17H2,1-2H3,(H,46,47);1H/t18-,20-;. The summed E-state index contributed by atoms with van der Waals surface area (Å²) < 4.78 is 126. The summed E-state index contributed by atoms with van der Waals surface area (Å²) in [7, 11) is 1.38. The number of aryl methyl sites for hydroxylation is 1. The largest absolute Gasteiger partial charge is 0.573 e. The smallest absolute Gasteiger partial charge is 0.481 e. The van der Waals surface area contributed by atoms with E-state index in [1.807, 2.05) is 11.8 Å². The first-order valence-corrected chi connectivity index (χ1v) is 15.0. The molecule has 1 heterocycles. The molecule has 4 rings (SSSR count). The van der Waals surface area contributed by atoms with Crippen LogP contribution in [0.2, 0.25) is 0 Å². The highest BCUT2D eigenvalue weighted by Crippen LogP contribution is 2.38. The number of alkyl halides is 9. The Morgan fingerprint density at radius 3 is 2.02 bits per heavy atom. The van der Waals surface area contributed by atoms with Gasteiger partial charge in [0.15, 0.2) is 0 Å².